The first kappa shape index (κ1) is 28.5. The second-order valence-corrected chi connectivity index (χ2v) is 9.21. The summed E-state index contributed by atoms with van der Waals surface area (Å²) in [5.74, 6) is 8.96. The lowest BCUT2D eigenvalue weighted by molar-refractivity contribution is 0.100. The molecule has 0 spiro atoms. The van der Waals surface area contributed by atoms with Gasteiger partial charge in [-0.25, -0.2) is 9.97 Å². The average molecular weight is 541 g/mol. The average Bonchev–Trinajstić information content (AvgIpc) is 3.72. The van der Waals surface area contributed by atoms with Crippen molar-refractivity contribution in [2.75, 3.05) is 0 Å². The number of terminal acetylenes is 1. The summed E-state index contributed by atoms with van der Waals surface area (Å²) in [5, 5.41) is 0. The third-order valence-electron chi connectivity index (χ3n) is 6.41. The van der Waals surface area contributed by atoms with Gasteiger partial charge in [-0.15, -0.1) is 6.42 Å². The zero-order valence-electron chi connectivity index (χ0n) is 23.0. The number of carbonyl (C=O) groups excluding carboxylic acids is 2. The molecule has 5 aromatic rings. The maximum atomic E-state index is 12.5. The zero-order chi connectivity index (χ0) is 29.2. The summed E-state index contributed by atoms with van der Waals surface area (Å²) in [5.41, 5.74) is 4.43. The fourth-order valence-corrected chi connectivity index (χ4v) is 4.15. The first-order valence-corrected chi connectivity index (χ1v) is 13.0. The van der Waals surface area contributed by atoms with E-state index in [1.165, 1.54) is 19.0 Å². The molecular weight excluding hydrogens is 512 g/mol. The number of rotatable bonds is 6. The van der Waals surface area contributed by atoms with E-state index in [1.54, 1.807) is 19.1 Å². The molecular formula is C35H28N2O4. The quantitative estimate of drug-likeness (QED) is 0.170. The lowest BCUT2D eigenvalue weighted by atomic mass is 9.93. The van der Waals surface area contributed by atoms with Gasteiger partial charge in [0.2, 0.25) is 11.6 Å². The highest BCUT2D eigenvalue weighted by Crippen LogP contribution is 2.24. The molecule has 0 saturated carbocycles. The van der Waals surface area contributed by atoms with Gasteiger partial charge in [-0.3, -0.25) is 9.59 Å². The van der Waals surface area contributed by atoms with Gasteiger partial charge < -0.3 is 8.83 Å². The Kier molecular flexibility index (Phi) is 9.44. The maximum Gasteiger partial charge on any atom is 0.230 e. The molecule has 6 heteroatoms. The third kappa shape index (κ3) is 6.95. The van der Waals surface area contributed by atoms with Crippen LogP contribution in [0.5, 0.6) is 0 Å². The largest absolute Gasteiger partial charge is 0.440 e. The van der Waals surface area contributed by atoms with E-state index in [1.807, 2.05) is 80.6 Å². The van der Waals surface area contributed by atoms with Crippen LogP contribution < -0.4 is 0 Å². The van der Waals surface area contributed by atoms with E-state index in [-0.39, 0.29) is 34.9 Å². The van der Waals surface area contributed by atoms with Crippen molar-refractivity contribution >= 4 is 11.6 Å². The Morgan fingerprint density at radius 2 is 1.39 bits per heavy atom. The van der Waals surface area contributed by atoms with Crippen LogP contribution in [0.3, 0.4) is 0 Å². The predicted octanol–water partition coefficient (Wildman–Crippen LogP) is 7.01. The molecule has 6 nitrogen and oxygen atoms in total. The van der Waals surface area contributed by atoms with Crippen LogP contribution in [0.25, 0.3) is 0 Å². The maximum absolute atomic E-state index is 12.5. The van der Waals surface area contributed by atoms with Crippen LogP contribution in [-0.2, 0) is 0 Å². The monoisotopic (exact) mass is 540 g/mol. The minimum absolute atomic E-state index is 0.0710. The van der Waals surface area contributed by atoms with E-state index in [9.17, 15) is 9.59 Å². The van der Waals surface area contributed by atoms with Gasteiger partial charge in [-0.1, -0.05) is 84.5 Å². The van der Waals surface area contributed by atoms with E-state index in [2.05, 4.69) is 27.7 Å². The Balaban J connectivity index is 0.000000195. The first-order chi connectivity index (χ1) is 19.9. The highest BCUT2D eigenvalue weighted by Gasteiger charge is 2.21. The molecule has 0 amide bonds. The molecule has 41 heavy (non-hydrogen) atoms. The Labute approximate surface area is 239 Å². The zero-order valence-corrected chi connectivity index (χ0v) is 23.0. The molecule has 202 valence electrons. The van der Waals surface area contributed by atoms with Crippen molar-refractivity contribution in [2.45, 2.75) is 32.6 Å². The topological polar surface area (TPSA) is 86.2 Å². The fraction of sp³-hybridized carbons (Fsp3) is 0.143. The minimum Gasteiger partial charge on any atom is -0.440 e. The molecule has 2 unspecified atom stereocenters. The highest BCUT2D eigenvalue weighted by atomic mass is 16.4. The van der Waals surface area contributed by atoms with Crippen LogP contribution in [0.4, 0.5) is 0 Å². The number of aryl methyl sites for hydroxylation is 1. The van der Waals surface area contributed by atoms with Gasteiger partial charge >= 0.3 is 0 Å². The van der Waals surface area contributed by atoms with Gasteiger partial charge in [0.1, 0.15) is 0 Å². The summed E-state index contributed by atoms with van der Waals surface area (Å²) in [6.07, 6.45) is 9.39. The Bertz CT molecular complexity index is 1730. The molecule has 0 N–H and O–H groups in total. The standard InChI is InChI=1S/C20H15NO2.C15H13NO2/c1-15(11-12-16-7-3-2-4-8-16)17-9-5-6-10-18(17)20(22)19-13-21-14-23-19;1-4-10(2)12-7-5-6-8-13(12)14(17)15-11(3)16-9-18-15/h2-10,13-15H,1H3;1,5-10H,2-3H3. The number of hydrogen-bond donors (Lipinski definition) is 0. The molecule has 0 aliphatic rings. The third-order valence-corrected chi connectivity index (χ3v) is 6.41. The minimum atomic E-state index is -0.178. The van der Waals surface area contributed by atoms with Crippen molar-refractivity contribution in [3.8, 4) is 24.2 Å². The molecule has 5 rings (SSSR count). The number of oxazole rings is 2. The van der Waals surface area contributed by atoms with Gasteiger partial charge in [0, 0.05) is 28.5 Å². The lowest BCUT2D eigenvalue weighted by Crippen LogP contribution is -2.07. The summed E-state index contributed by atoms with van der Waals surface area (Å²) in [6, 6.07) is 24.6. The number of hydrogen-bond acceptors (Lipinski definition) is 6. The van der Waals surface area contributed by atoms with E-state index in [0.29, 0.717) is 16.8 Å². The van der Waals surface area contributed by atoms with Gasteiger partial charge in [0.15, 0.2) is 24.3 Å². The molecule has 0 radical (unpaired) electrons. The number of ketones is 2. The fourth-order valence-electron chi connectivity index (χ4n) is 4.15. The lowest BCUT2D eigenvalue weighted by Gasteiger charge is -2.09. The highest BCUT2D eigenvalue weighted by molar-refractivity contribution is 6.09. The Morgan fingerprint density at radius 1 is 0.780 bits per heavy atom. The van der Waals surface area contributed by atoms with Crippen molar-refractivity contribution in [2.24, 2.45) is 0 Å². The van der Waals surface area contributed by atoms with E-state index in [0.717, 1.165) is 16.7 Å². The molecule has 0 aliphatic carbocycles. The summed E-state index contributed by atoms with van der Waals surface area (Å²) in [4.78, 5) is 32.6. The van der Waals surface area contributed by atoms with Gasteiger partial charge in [-0.2, -0.15) is 0 Å². The number of carbonyl (C=O) groups is 2. The number of nitrogens with zero attached hydrogens (tertiary/aromatic N) is 2. The van der Waals surface area contributed by atoms with Crippen molar-refractivity contribution in [3.63, 3.8) is 0 Å². The van der Waals surface area contributed by atoms with Crippen LogP contribution in [-0.4, -0.2) is 21.5 Å². The summed E-state index contributed by atoms with van der Waals surface area (Å²) in [6.45, 7) is 5.62. The molecule has 0 bridgehead atoms. The summed E-state index contributed by atoms with van der Waals surface area (Å²) in [7, 11) is 0. The van der Waals surface area contributed by atoms with Crippen LogP contribution in [0.1, 0.15) is 80.3 Å². The second kappa shape index (κ2) is 13.6. The van der Waals surface area contributed by atoms with Gasteiger partial charge in [-0.05, 0) is 44.0 Å². The molecule has 2 aromatic heterocycles. The summed E-state index contributed by atoms with van der Waals surface area (Å²) < 4.78 is 10.3. The van der Waals surface area contributed by atoms with Crippen molar-refractivity contribution in [1.29, 1.82) is 0 Å². The molecule has 2 atom stereocenters. The Hall–Kier alpha value is -5.46. The molecule has 3 aromatic carbocycles. The number of benzene rings is 3. The van der Waals surface area contributed by atoms with Gasteiger partial charge in [0.25, 0.3) is 0 Å². The van der Waals surface area contributed by atoms with Gasteiger partial charge in [0.05, 0.1) is 11.9 Å². The predicted molar refractivity (Wildman–Crippen MR) is 156 cm³/mol. The van der Waals surface area contributed by atoms with Crippen molar-refractivity contribution < 1.29 is 18.4 Å². The molecule has 0 aliphatic heterocycles. The molecule has 2 heterocycles. The Morgan fingerprint density at radius 3 is 1.98 bits per heavy atom. The van der Waals surface area contributed by atoms with E-state index in [4.69, 9.17) is 15.3 Å². The van der Waals surface area contributed by atoms with Crippen molar-refractivity contribution in [1.82, 2.24) is 9.97 Å². The molecule has 0 fully saturated rings. The van der Waals surface area contributed by atoms with Crippen LogP contribution in [0.2, 0.25) is 0 Å². The SMILES string of the molecule is C#CC(C)c1ccccc1C(=O)c1ocnc1C.CC(C#Cc1ccccc1)c1ccccc1C(=O)c1cnco1. The summed E-state index contributed by atoms with van der Waals surface area (Å²) >= 11 is 0. The number of aromatic nitrogens is 2. The van der Waals surface area contributed by atoms with Crippen LogP contribution in [0, 0.1) is 31.1 Å². The van der Waals surface area contributed by atoms with E-state index < -0.39 is 0 Å². The first-order valence-electron chi connectivity index (χ1n) is 13.0. The molecule has 0 saturated heterocycles. The normalized spacial score (nSPS) is 11.6. The van der Waals surface area contributed by atoms with Crippen molar-refractivity contribution in [3.05, 3.63) is 143 Å². The second-order valence-electron chi connectivity index (χ2n) is 9.21. The van der Waals surface area contributed by atoms with Crippen LogP contribution >= 0.6 is 0 Å². The smallest absolute Gasteiger partial charge is 0.230 e. The van der Waals surface area contributed by atoms with E-state index >= 15 is 0 Å². The van der Waals surface area contributed by atoms with Crippen LogP contribution in [0.15, 0.2) is 107 Å².